The van der Waals surface area contributed by atoms with Gasteiger partial charge in [-0.05, 0) is 6.07 Å². The second-order valence-corrected chi connectivity index (χ2v) is 5.44. The van der Waals surface area contributed by atoms with Crippen LogP contribution >= 0.6 is 0 Å². The van der Waals surface area contributed by atoms with Gasteiger partial charge in [-0.3, -0.25) is 4.79 Å². The van der Waals surface area contributed by atoms with Gasteiger partial charge in [0.25, 0.3) is 0 Å². The van der Waals surface area contributed by atoms with Crippen LogP contribution in [0, 0.1) is 0 Å². The normalized spacial score (nSPS) is 11.2. The van der Waals surface area contributed by atoms with E-state index in [1.807, 2.05) is 0 Å². The number of rotatable bonds is 6. The predicted molar refractivity (Wildman–Crippen MR) is 68.2 cm³/mol. The molecule has 0 fully saturated rings. The summed E-state index contributed by atoms with van der Waals surface area (Å²) in [5, 5.41) is 0. The monoisotopic (exact) mass is 289 g/mol. The first kappa shape index (κ1) is 15.3. The molecule has 1 aromatic carbocycles. The third-order valence-electron chi connectivity index (χ3n) is 2.29. The summed E-state index contributed by atoms with van der Waals surface area (Å²) < 4.78 is 39.1. The molecule has 8 heteroatoms. The van der Waals surface area contributed by atoms with Crippen molar-refractivity contribution in [2.45, 2.75) is 0 Å². The van der Waals surface area contributed by atoms with Gasteiger partial charge in [0, 0.05) is 20.2 Å². The van der Waals surface area contributed by atoms with Gasteiger partial charge in [-0.1, -0.05) is 0 Å². The van der Waals surface area contributed by atoms with Gasteiger partial charge in [0.15, 0.2) is 23.5 Å². The first-order chi connectivity index (χ1) is 8.85. The number of ether oxygens (including phenoxy) is 2. The van der Waals surface area contributed by atoms with Gasteiger partial charge >= 0.3 is 10.3 Å². The predicted octanol–water partition coefficient (Wildman–Crippen LogP) is 0.702. The van der Waals surface area contributed by atoms with Crippen molar-refractivity contribution in [1.82, 2.24) is 4.31 Å². The number of carbonyl (C=O) groups excluding carboxylic acids is 1. The van der Waals surface area contributed by atoms with Crippen LogP contribution in [0.25, 0.3) is 0 Å². The molecular formula is C11H15NO6S. The zero-order valence-electron chi connectivity index (χ0n) is 11.0. The van der Waals surface area contributed by atoms with E-state index in [1.165, 1.54) is 40.4 Å². The number of methoxy groups -OCH3 is 2. The van der Waals surface area contributed by atoms with Crippen molar-refractivity contribution in [3.63, 3.8) is 0 Å². The average Bonchev–Trinajstić information content (AvgIpc) is 2.37. The maximum absolute atomic E-state index is 11.6. The van der Waals surface area contributed by atoms with Crippen LogP contribution in [0.3, 0.4) is 0 Å². The number of carbonyl (C=O) groups is 1. The average molecular weight is 289 g/mol. The molecule has 0 amide bonds. The fourth-order valence-corrected chi connectivity index (χ4v) is 1.75. The zero-order valence-corrected chi connectivity index (χ0v) is 11.9. The summed E-state index contributed by atoms with van der Waals surface area (Å²) in [6, 6.07) is 2.62. The van der Waals surface area contributed by atoms with E-state index in [0.717, 1.165) is 4.31 Å². The Morgan fingerprint density at radius 3 is 2.00 bits per heavy atom. The van der Waals surface area contributed by atoms with E-state index >= 15 is 0 Å². The Morgan fingerprint density at radius 1 is 1.05 bits per heavy atom. The summed E-state index contributed by atoms with van der Waals surface area (Å²) in [6.07, 6.45) is 0.475. The Bertz CT molecular complexity index is 567. The molecule has 0 spiro atoms. The van der Waals surface area contributed by atoms with Gasteiger partial charge in [0.2, 0.25) is 0 Å². The highest BCUT2D eigenvalue weighted by atomic mass is 32.2. The Kier molecular flexibility index (Phi) is 4.73. The molecule has 1 aromatic rings. The minimum absolute atomic E-state index is 0.0445. The molecule has 19 heavy (non-hydrogen) atoms. The topological polar surface area (TPSA) is 82.1 Å². The summed E-state index contributed by atoms with van der Waals surface area (Å²) in [4.78, 5) is 11.0. The quantitative estimate of drug-likeness (QED) is 0.717. The summed E-state index contributed by atoms with van der Waals surface area (Å²) in [6.45, 7) is 0. The highest BCUT2D eigenvalue weighted by Crippen LogP contribution is 2.34. The van der Waals surface area contributed by atoms with E-state index in [4.69, 9.17) is 13.7 Å². The number of hydrogen-bond acceptors (Lipinski definition) is 6. The first-order valence-electron chi connectivity index (χ1n) is 5.18. The molecule has 0 aliphatic heterocycles. The largest absolute Gasteiger partial charge is 0.493 e. The molecule has 7 nitrogen and oxygen atoms in total. The lowest BCUT2D eigenvalue weighted by molar-refractivity contribution is 0.112. The van der Waals surface area contributed by atoms with Gasteiger partial charge in [-0.2, -0.15) is 12.7 Å². The van der Waals surface area contributed by atoms with E-state index in [1.54, 1.807) is 0 Å². The van der Waals surface area contributed by atoms with Gasteiger partial charge in [-0.25, -0.2) is 0 Å². The molecule has 0 bridgehead atoms. The van der Waals surface area contributed by atoms with Gasteiger partial charge in [0.1, 0.15) is 0 Å². The molecule has 1 rings (SSSR count). The van der Waals surface area contributed by atoms with Crippen LogP contribution in [0.15, 0.2) is 12.1 Å². The van der Waals surface area contributed by atoms with E-state index in [0.29, 0.717) is 12.0 Å². The van der Waals surface area contributed by atoms with Crippen molar-refractivity contribution in [3.05, 3.63) is 17.7 Å². The van der Waals surface area contributed by atoms with Gasteiger partial charge < -0.3 is 13.7 Å². The second kappa shape index (κ2) is 5.89. The molecule has 0 N–H and O–H groups in total. The van der Waals surface area contributed by atoms with Crippen molar-refractivity contribution >= 4 is 16.6 Å². The molecule has 0 aliphatic rings. The minimum Gasteiger partial charge on any atom is -0.493 e. The second-order valence-electron chi connectivity index (χ2n) is 3.69. The Balaban J connectivity index is 3.31. The van der Waals surface area contributed by atoms with Crippen LogP contribution in [0.4, 0.5) is 0 Å². The summed E-state index contributed by atoms with van der Waals surface area (Å²) >= 11 is 0. The standard InChI is InChI=1S/C11H15NO6S/c1-12(2)19(14,15)18-9-6-11(17-4)10(16-3)5-8(9)7-13/h5-7H,1-4H3. The third-order valence-corrected chi connectivity index (χ3v) is 3.57. The molecule has 0 aliphatic carbocycles. The fourth-order valence-electron chi connectivity index (χ4n) is 1.23. The number of benzene rings is 1. The highest BCUT2D eigenvalue weighted by molar-refractivity contribution is 7.84. The third kappa shape index (κ3) is 3.36. The molecule has 0 saturated heterocycles. The number of aldehydes is 1. The molecule has 0 atom stereocenters. The van der Waals surface area contributed by atoms with Crippen molar-refractivity contribution in [1.29, 1.82) is 0 Å². The Labute approximate surface area is 111 Å². The molecule has 106 valence electrons. The van der Waals surface area contributed by atoms with Crippen LogP contribution in [-0.4, -0.2) is 47.3 Å². The summed E-state index contributed by atoms with van der Waals surface area (Å²) in [5.74, 6) is 0.442. The van der Waals surface area contributed by atoms with E-state index in [2.05, 4.69) is 0 Å². The van der Waals surface area contributed by atoms with Crippen molar-refractivity contribution in [3.8, 4) is 17.2 Å². The van der Waals surface area contributed by atoms with Gasteiger partial charge in [0.05, 0.1) is 19.8 Å². The van der Waals surface area contributed by atoms with Crippen molar-refractivity contribution in [2.24, 2.45) is 0 Å². The first-order valence-corrected chi connectivity index (χ1v) is 6.55. The lowest BCUT2D eigenvalue weighted by atomic mass is 10.2. The highest BCUT2D eigenvalue weighted by Gasteiger charge is 2.20. The van der Waals surface area contributed by atoms with Crippen LogP contribution < -0.4 is 13.7 Å². The molecular weight excluding hydrogens is 274 g/mol. The molecule has 0 saturated carbocycles. The van der Waals surface area contributed by atoms with E-state index in [9.17, 15) is 13.2 Å². The molecule has 0 radical (unpaired) electrons. The van der Waals surface area contributed by atoms with Crippen LogP contribution in [-0.2, 0) is 10.3 Å². The van der Waals surface area contributed by atoms with Crippen molar-refractivity contribution in [2.75, 3.05) is 28.3 Å². The lowest BCUT2D eigenvalue weighted by Gasteiger charge is -2.15. The summed E-state index contributed by atoms with van der Waals surface area (Å²) in [7, 11) is 1.48. The molecule has 0 aromatic heterocycles. The maximum atomic E-state index is 11.6. The maximum Gasteiger partial charge on any atom is 0.384 e. The van der Waals surface area contributed by atoms with E-state index < -0.39 is 10.3 Å². The number of hydrogen-bond donors (Lipinski definition) is 0. The van der Waals surface area contributed by atoms with Crippen LogP contribution in [0.5, 0.6) is 17.2 Å². The fraction of sp³-hybridized carbons (Fsp3) is 0.364. The van der Waals surface area contributed by atoms with Crippen molar-refractivity contribution < 1.29 is 26.9 Å². The molecule has 0 unspecified atom stereocenters. The Morgan fingerprint density at radius 2 is 1.58 bits per heavy atom. The summed E-state index contributed by atoms with van der Waals surface area (Å²) in [5.41, 5.74) is 0.0445. The van der Waals surface area contributed by atoms with Crippen LogP contribution in [0.1, 0.15) is 10.4 Å². The SMILES string of the molecule is COc1cc(C=O)c(OS(=O)(=O)N(C)C)cc1OC. The number of nitrogens with zero attached hydrogens (tertiary/aromatic N) is 1. The molecule has 0 heterocycles. The Hall–Kier alpha value is -1.80. The van der Waals surface area contributed by atoms with Crippen LogP contribution in [0.2, 0.25) is 0 Å². The zero-order chi connectivity index (χ0) is 14.6. The van der Waals surface area contributed by atoms with Gasteiger partial charge in [-0.15, -0.1) is 0 Å². The smallest absolute Gasteiger partial charge is 0.384 e. The lowest BCUT2D eigenvalue weighted by Crippen LogP contribution is -2.27. The van der Waals surface area contributed by atoms with E-state index in [-0.39, 0.29) is 17.1 Å². The minimum atomic E-state index is -3.95.